The first-order valence-electron chi connectivity index (χ1n) is 7.86. The lowest BCUT2D eigenvalue weighted by molar-refractivity contribution is -0.118. The zero-order chi connectivity index (χ0) is 17.4. The Morgan fingerprint density at radius 2 is 1.84 bits per heavy atom. The van der Waals surface area contributed by atoms with E-state index in [-0.39, 0.29) is 5.91 Å². The van der Waals surface area contributed by atoms with Crippen molar-refractivity contribution in [3.05, 3.63) is 71.1 Å². The van der Waals surface area contributed by atoms with Crippen LogP contribution in [0.25, 0.3) is 11.3 Å². The molecular weight excluding hydrogens is 342 g/mol. The summed E-state index contributed by atoms with van der Waals surface area (Å²) in [6.07, 6.45) is 1.62. The molecule has 1 saturated carbocycles. The Kier molecular flexibility index (Phi) is 3.84. The minimum atomic E-state index is -0.919. The number of hydrogen-bond acceptors (Lipinski definition) is 3. The van der Waals surface area contributed by atoms with E-state index in [1.807, 2.05) is 30.3 Å². The van der Waals surface area contributed by atoms with Gasteiger partial charge in [-0.15, -0.1) is 11.3 Å². The van der Waals surface area contributed by atoms with Crippen LogP contribution < -0.4 is 5.32 Å². The summed E-state index contributed by atoms with van der Waals surface area (Å²) in [7, 11) is 0. The van der Waals surface area contributed by atoms with Crippen LogP contribution in [0.15, 0.2) is 53.9 Å². The maximum absolute atomic E-state index is 13.4. The van der Waals surface area contributed by atoms with E-state index in [0.717, 1.165) is 30.5 Å². The second kappa shape index (κ2) is 6.04. The molecule has 126 valence electrons. The fourth-order valence-electron chi connectivity index (χ4n) is 2.86. The minimum absolute atomic E-state index is 0.0788. The fraction of sp³-hybridized carbons (Fsp3) is 0.158. The van der Waals surface area contributed by atoms with Gasteiger partial charge in [0.15, 0.2) is 16.8 Å². The topological polar surface area (TPSA) is 42.0 Å². The number of carbonyl (C=O) groups excluding carboxylic acids is 1. The highest BCUT2D eigenvalue weighted by Crippen LogP contribution is 2.49. The second-order valence-electron chi connectivity index (χ2n) is 6.07. The Morgan fingerprint density at radius 1 is 1.08 bits per heavy atom. The molecule has 3 nitrogen and oxygen atoms in total. The van der Waals surface area contributed by atoms with Crippen molar-refractivity contribution in [1.82, 2.24) is 4.98 Å². The summed E-state index contributed by atoms with van der Waals surface area (Å²) in [4.78, 5) is 17.0. The summed E-state index contributed by atoms with van der Waals surface area (Å²) >= 11 is 1.26. The van der Waals surface area contributed by atoms with Gasteiger partial charge >= 0.3 is 0 Å². The molecule has 0 bridgehead atoms. The number of halogens is 2. The first kappa shape index (κ1) is 15.9. The molecule has 1 fully saturated rings. The molecule has 25 heavy (non-hydrogen) atoms. The Bertz CT molecular complexity index is 936. The molecule has 3 aromatic rings. The van der Waals surface area contributed by atoms with Crippen LogP contribution in [0.4, 0.5) is 13.9 Å². The molecule has 1 aliphatic rings. The van der Waals surface area contributed by atoms with Crippen LogP contribution >= 0.6 is 11.3 Å². The maximum atomic E-state index is 13.4. The summed E-state index contributed by atoms with van der Waals surface area (Å²) in [6.45, 7) is 0. The molecule has 1 heterocycles. The number of anilines is 1. The average Bonchev–Trinajstić information content (AvgIpc) is 3.32. The standard InChI is InChI=1S/C19H14F2N2OS/c20-14-7-6-12(10-15(14)21)16-11-25-18(22-16)23-17(24)19(8-9-19)13-4-2-1-3-5-13/h1-7,10-11H,8-9H2,(H,22,23,24). The van der Waals surface area contributed by atoms with E-state index < -0.39 is 17.0 Å². The van der Waals surface area contributed by atoms with Crippen molar-refractivity contribution >= 4 is 22.4 Å². The summed E-state index contributed by atoms with van der Waals surface area (Å²) in [5.41, 5.74) is 1.50. The van der Waals surface area contributed by atoms with Crippen LogP contribution in [0.3, 0.4) is 0 Å². The number of nitrogens with one attached hydrogen (secondary N) is 1. The minimum Gasteiger partial charge on any atom is -0.301 e. The normalized spacial score (nSPS) is 15.0. The van der Waals surface area contributed by atoms with Crippen molar-refractivity contribution in [2.45, 2.75) is 18.3 Å². The van der Waals surface area contributed by atoms with Crippen LogP contribution in [0, 0.1) is 11.6 Å². The first-order chi connectivity index (χ1) is 12.1. The van der Waals surface area contributed by atoms with E-state index in [9.17, 15) is 13.6 Å². The third-order valence-electron chi connectivity index (χ3n) is 4.45. The number of aromatic nitrogens is 1. The lowest BCUT2D eigenvalue weighted by Crippen LogP contribution is -2.27. The van der Waals surface area contributed by atoms with Crippen molar-refractivity contribution < 1.29 is 13.6 Å². The Hall–Kier alpha value is -2.60. The van der Waals surface area contributed by atoms with E-state index in [0.29, 0.717) is 16.4 Å². The predicted molar refractivity (Wildman–Crippen MR) is 93.4 cm³/mol. The molecule has 0 unspecified atom stereocenters. The molecule has 0 aliphatic heterocycles. The molecule has 1 amide bonds. The lowest BCUT2D eigenvalue weighted by Gasteiger charge is -2.14. The van der Waals surface area contributed by atoms with Crippen LogP contribution in [0.2, 0.25) is 0 Å². The molecule has 0 saturated heterocycles. The zero-order valence-corrected chi connectivity index (χ0v) is 13.9. The van der Waals surface area contributed by atoms with E-state index in [4.69, 9.17) is 0 Å². The molecule has 4 rings (SSSR count). The molecular formula is C19H14F2N2OS. The second-order valence-corrected chi connectivity index (χ2v) is 6.93. The fourth-order valence-corrected chi connectivity index (χ4v) is 3.58. The quantitative estimate of drug-likeness (QED) is 0.732. The largest absolute Gasteiger partial charge is 0.301 e. The van der Waals surface area contributed by atoms with Crippen molar-refractivity contribution in [1.29, 1.82) is 0 Å². The molecule has 0 spiro atoms. The molecule has 1 N–H and O–H groups in total. The number of thiazole rings is 1. The summed E-state index contributed by atoms with van der Waals surface area (Å²) in [5.74, 6) is -1.90. The third-order valence-corrected chi connectivity index (χ3v) is 5.21. The van der Waals surface area contributed by atoms with Gasteiger partial charge in [-0.3, -0.25) is 4.79 Å². The van der Waals surface area contributed by atoms with Gasteiger partial charge in [-0.1, -0.05) is 30.3 Å². The number of rotatable bonds is 4. The van der Waals surface area contributed by atoms with Crippen molar-refractivity contribution in [2.75, 3.05) is 5.32 Å². The maximum Gasteiger partial charge on any atom is 0.236 e. The highest BCUT2D eigenvalue weighted by molar-refractivity contribution is 7.14. The van der Waals surface area contributed by atoms with Gasteiger partial charge in [-0.05, 0) is 36.6 Å². The Labute approximate surface area is 147 Å². The lowest BCUT2D eigenvalue weighted by atomic mass is 9.95. The van der Waals surface area contributed by atoms with Crippen LogP contribution in [-0.4, -0.2) is 10.9 Å². The van der Waals surface area contributed by atoms with Gasteiger partial charge in [-0.25, -0.2) is 13.8 Å². The number of nitrogens with zero attached hydrogens (tertiary/aromatic N) is 1. The van der Waals surface area contributed by atoms with Gasteiger partial charge in [0.05, 0.1) is 11.1 Å². The van der Waals surface area contributed by atoms with Crippen molar-refractivity contribution in [2.24, 2.45) is 0 Å². The van der Waals surface area contributed by atoms with E-state index in [1.165, 1.54) is 17.4 Å². The number of benzene rings is 2. The summed E-state index contributed by atoms with van der Waals surface area (Å²) in [6, 6.07) is 13.3. The highest BCUT2D eigenvalue weighted by Gasteiger charge is 2.51. The first-order valence-corrected chi connectivity index (χ1v) is 8.74. The van der Waals surface area contributed by atoms with E-state index >= 15 is 0 Å². The van der Waals surface area contributed by atoms with Gasteiger partial charge < -0.3 is 5.32 Å². The van der Waals surface area contributed by atoms with Gasteiger partial charge in [0.2, 0.25) is 5.91 Å². The highest BCUT2D eigenvalue weighted by atomic mass is 32.1. The molecule has 2 aromatic carbocycles. The van der Waals surface area contributed by atoms with Crippen LogP contribution in [0.1, 0.15) is 18.4 Å². The monoisotopic (exact) mass is 356 g/mol. The number of amides is 1. The van der Waals surface area contributed by atoms with Crippen LogP contribution in [-0.2, 0) is 10.2 Å². The van der Waals surface area contributed by atoms with Crippen LogP contribution in [0.5, 0.6) is 0 Å². The molecule has 6 heteroatoms. The molecule has 1 aromatic heterocycles. The summed E-state index contributed by atoms with van der Waals surface area (Å²) < 4.78 is 26.4. The predicted octanol–water partition coefficient (Wildman–Crippen LogP) is 4.76. The van der Waals surface area contributed by atoms with Crippen molar-refractivity contribution in [3.63, 3.8) is 0 Å². The van der Waals surface area contributed by atoms with Gasteiger partial charge in [0, 0.05) is 10.9 Å². The third kappa shape index (κ3) is 2.93. The molecule has 1 aliphatic carbocycles. The van der Waals surface area contributed by atoms with Crippen molar-refractivity contribution in [3.8, 4) is 11.3 Å². The number of carbonyl (C=O) groups is 1. The van der Waals surface area contributed by atoms with Gasteiger partial charge in [-0.2, -0.15) is 0 Å². The number of hydrogen-bond donors (Lipinski definition) is 1. The SMILES string of the molecule is O=C(Nc1nc(-c2ccc(F)c(F)c2)cs1)C1(c2ccccc2)CC1. The molecule has 0 atom stereocenters. The Morgan fingerprint density at radius 3 is 2.52 bits per heavy atom. The zero-order valence-electron chi connectivity index (χ0n) is 13.1. The van der Waals surface area contributed by atoms with E-state index in [2.05, 4.69) is 10.3 Å². The Balaban J connectivity index is 1.53. The average molecular weight is 356 g/mol. The summed E-state index contributed by atoms with van der Waals surface area (Å²) in [5, 5.41) is 5.02. The van der Waals surface area contributed by atoms with E-state index in [1.54, 1.807) is 5.38 Å². The van der Waals surface area contributed by atoms with Gasteiger partial charge in [0.25, 0.3) is 0 Å². The smallest absolute Gasteiger partial charge is 0.236 e. The molecule has 0 radical (unpaired) electrons. The van der Waals surface area contributed by atoms with Gasteiger partial charge in [0.1, 0.15) is 0 Å².